The lowest BCUT2D eigenvalue weighted by Crippen LogP contribution is -2.41. The standard InChI is InChI=1S/C15H18N2O3S/c1-17-7-5-10-3-4-11(9-13(10)17)14(18)16-12(15(19)20)6-8-21-2/h3-5,7,9,12H,6,8H2,1-2H3,(H,16,18)(H,19,20). The maximum atomic E-state index is 12.2. The molecule has 0 fully saturated rings. The van der Waals surface area contributed by atoms with Crippen LogP contribution < -0.4 is 5.32 Å². The number of carbonyl (C=O) groups is 2. The highest BCUT2D eigenvalue weighted by Gasteiger charge is 2.20. The minimum atomic E-state index is -1.00. The monoisotopic (exact) mass is 306 g/mol. The van der Waals surface area contributed by atoms with Gasteiger partial charge in [-0.3, -0.25) is 4.79 Å². The molecule has 0 spiro atoms. The van der Waals surface area contributed by atoms with Crippen molar-refractivity contribution in [1.29, 1.82) is 0 Å². The smallest absolute Gasteiger partial charge is 0.326 e. The predicted octanol–water partition coefficient (Wildman–Crippen LogP) is 2.11. The second kappa shape index (κ2) is 6.67. The molecule has 112 valence electrons. The Morgan fingerprint density at radius 3 is 2.81 bits per heavy atom. The van der Waals surface area contributed by atoms with Gasteiger partial charge < -0.3 is 15.0 Å². The summed E-state index contributed by atoms with van der Waals surface area (Å²) in [6, 6.07) is 6.47. The van der Waals surface area contributed by atoms with Crippen LogP contribution in [-0.2, 0) is 11.8 Å². The quantitative estimate of drug-likeness (QED) is 0.857. The van der Waals surface area contributed by atoms with Crippen molar-refractivity contribution < 1.29 is 14.7 Å². The zero-order valence-electron chi connectivity index (χ0n) is 12.0. The highest BCUT2D eigenvalue weighted by molar-refractivity contribution is 7.98. The summed E-state index contributed by atoms with van der Waals surface area (Å²) >= 11 is 1.56. The van der Waals surface area contributed by atoms with Crippen molar-refractivity contribution in [1.82, 2.24) is 9.88 Å². The molecule has 1 unspecified atom stereocenters. The van der Waals surface area contributed by atoms with Gasteiger partial charge in [0.15, 0.2) is 0 Å². The van der Waals surface area contributed by atoms with E-state index in [1.807, 2.05) is 36.2 Å². The van der Waals surface area contributed by atoms with Crippen LogP contribution in [0.3, 0.4) is 0 Å². The van der Waals surface area contributed by atoms with Gasteiger partial charge in [-0.25, -0.2) is 4.79 Å². The van der Waals surface area contributed by atoms with Gasteiger partial charge in [0, 0.05) is 24.3 Å². The number of aliphatic carboxylic acids is 1. The van der Waals surface area contributed by atoms with Crippen molar-refractivity contribution >= 4 is 34.5 Å². The molecule has 0 aliphatic carbocycles. The number of benzene rings is 1. The first-order valence-electron chi connectivity index (χ1n) is 6.60. The van der Waals surface area contributed by atoms with Crippen LogP contribution in [0.15, 0.2) is 30.5 Å². The van der Waals surface area contributed by atoms with Crippen LogP contribution >= 0.6 is 11.8 Å². The highest BCUT2D eigenvalue weighted by atomic mass is 32.2. The number of nitrogens with zero attached hydrogens (tertiary/aromatic N) is 1. The second-order valence-corrected chi connectivity index (χ2v) is 5.83. The first-order chi connectivity index (χ1) is 10.0. The number of amides is 1. The SMILES string of the molecule is CSCCC(NC(=O)c1ccc2ccn(C)c2c1)C(=O)O. The van der Waals surface area contributed by atoms with Gasteiger partial charge in [-0.1, -0.05) is 6.07 Å². The van der Waals surface area contributed by atoms with Gasteiger partial charge in [0.05, 0.1) is 0 Å². The van der Waals surface area contributed by atoms with E-state index >= 15 is 0 Å². The molecule has 0 radical (unpaired) electrons. The van der Waals surface area contributed by atoms with E-state index in [4.69, 9.17) is 5.11 Å². The molecule has 1 aromatic heterocycles. The molecule has 0 bridgehead atoms. The fourth-order valence-electron chi connectivity index (χ4n) is 2.14. The number of rotatable bonds is 6. The van der Waals surface area contributed by atoms with E-state index in [1.165, 1.54) is 0 Å². The molecule has 2 aromatic rings. The summed E-state index contributed by atoms with van der Waals surface area (Å²) in [5.41, 5.74) is 1.42. The van der Waals surface area contributed by atoms with Crippen molar-refractivity contribution in [2.75, 3.05) is 12.0 Å². The average molecular weight is 306 g/mol. The maximum absolute atomic E-state index is 12.2. The van der Waals surface area contributed by atoms with Gasteiger partial charge in [-0.05, 0) is 42.0 Å². The molecule has 0 saturated carbocycles. The molecule has 6 heteroatoms. The molecule has 5 nitrogen and oxygen atoms in total. The zero-order chi connectivity index (χ0) is 15.4. The van der Waals surface area contributed by atoms with E-state index < -0.39 is 12.0 Å². The number of carboxylic acid groups (broad SMARTS) is 1. The summed E-state index contributed by atoms with van der Waals surface area (Å²) in [5, 5.41) is 12.8. The lowest BCUT2D eigenvalue weighted by Gasteiger charge is -2.14. The lowest BCUT2D eigenvalue weighted by atomic mass is 10.1. The molecule has 0 aliphatic heterocycles. The number of aromatic nitrogens is 1. The molecule has 1 heterocycles. The van der Waals surface area contributed by atoms with Gasteiger partial charge in [0.2, 0.25) is 0 Å². The molecular formula is C15H18N2O3S. The Balaban J connectivity index is 2.16. The molecule has 1 aromatic carbocycles. The largest absolute Gasteiger partial charge is 0.480 e. The number of thioether (sulfide) groups is 1. The summed E-state index contributed by atoms with van der Waals surface area (Å²) in [4.78, 5) is 23.4. The van der Waals surface area contributed by atoms with Crippen molar-refractivity contribution in [2.45, 2.75) is 12.5 Å². The van der Waals surface area contributed by atoms with E-state index in [1.54, 1.807) is 23.9 Å². The molecule has 2 rings (SSSR count). The third-order valence-corrected chi connectivity index (χ3v) is 4.01. The maximum Gasteiger partial charge on any atom is 0.326 e. The third kappa shape index (κ3) is 3.58. The highest BCUT2D eigenvalue weighted by Crippen LogP contribution is 2.16. The van der Waals surface area contributed by atoms with Crippen molar-refractivity contribution in [3.05, 3.63) is 36.0 Å². The number of carboxylic acids is 1. The Bertz CT molecular complexity index is 666. The van der Waals surface area contributed by atoms with E-state index in [-0.39, 0.29) is 5.91 Å². The number of hydrogen-bond donors (Lipinski definition) is 2. The van der Waals surface area contributed by atoms with E-state index in [9.17, 15) is 9.59 Å². The summed E-state index contributed by atoms with van der Waals surface area (Å²) in [7, 11) is 1.91. The number of fused-ring (bicyclic) bond motifs is 1. The Morgan fingerprint density at radius 1 is 1.38 bits per heavy atom. The summed E-state index contributed by atoms with van der Waals surface area (Å²) in [5.74, 6) is -0.669. The van der Waals surface area contributed by atoms with Gasteiger partial charge in [-0.2, -0.15) is 11.8 Å². The van der Waals surface area contributed by atoms with Crippen molar-refractivity contribution in [3.8, 4) is 0 Å². The fraction of sp³-hybridized carbons (Fsp3) is 0.333. The number of hydrogen-bond acceptors (Lipinski definition) is 3. The molecule has 1 atom stereocenters. The van der Waals surface area contributed by atoms with Crippen LogP contribution in [0.25, 0.3) is 10.9 Å². The predicted molar refractivity (Wildman–Crippen MR) is 84.8 cm³/mol. The Hall–Kier alpha value is -1.95. The first-order valence-corrected chi connectivity index (χ1v) is 8.00. The summed E-state index contributed by atoms with van der Waals surface area (Å²) < 4.78 is 1.93. The summed E-state index contributed by atoms with van der Waals surface area (Å²) in [6.45, 7) is 0. The summed E-state index contributed by atoms with van der Waals surface area (Å²) in [6.07, 6.45) is 4.24. The van der Waals surface area contributed by atoms with Gasteiger partial charge in [0.25, 0.3) is 5.91 Å². The van der Waals surface area contributed by atoms with Gasteiger partial charge >= 0.3 is 5.97 Å². The third-order valence-electron chi connectivity index (χ3n) is 3.36. The number of nitrogens with one attached hydrogen (secondary N) is 1. The van der Waals surface area contributed by atoms with E-state index in [0.29, 0.717) is 17.7 Å². The van der Waals surface area contributed by atoms with Crippen molar-refractivity contribution in [2.24, 2.45) is 7.05 Å². The second-order valence-electron chi connectivity index (χ2n) is 4.85. The van der Waals surface area contributed by atoms with Crippen LogP contribution in [0.2, 0.25) is 0 Å². The molecule has 1 amide bonds. The van der Waals surface area contributed by atoms with Crippen LogP contribution in [0.5, 0.6) is 0 Å². The van der Waals surface area contributed by atoms with Crippen LogP contribution in [0.1, 0.15) is 16.8 Å². The topological polar surface area (TPSA) is 71.3 Å². The van der Waals surface area contributed by atoms with Gasteiger partial charge in [-0.15, -0.1) is 0 Å². The zero-order valence-corrected chi connectivity index (χ0v) is 12.8. The Morgan fingerprint density at radius 2 is 2.14 bits per heavy atom. The van der Waals surface area contributed by atoms with E-state index in [2.05, 4.69) is 5.32 Å². The molecule has 0 aliphatic rings. The molecule has 21 heavy (non-hydrogen) atoms. The number of carbonyl (C=O) groups excluding carboxylic acids is 1. The van der Waals surface area contributed by atoms with E-state index in [0.717, 1.165) is 10.9 Å². The minimum Gasteiger partial charge on any atom is -0.480 e. The molecule has 2 N–H and O–H groups in total. The average Bonchev–Trinajstić information content (AvgIpc) is 2.84. The Labute approximate surface area is 127 Å². The minimum absolute atomic E-state index is 0.355. The van der Waals surface area contributed by atoms with Crippen LogP contribution in [0, 0.1) is 0 Å². The van der Waals surface area contributed by atoms with Crippen LogP contribution in [-0.4, -0.2) is 39.6 Å². The normalized spacial score (nSPS) is 12.3. The van der Waals surface area contributed by atoms with Crippen molar-refractivity contribution in [3.63, 3.8) is 0 Å². The molecular weight excluding hydrogens is 288 g/mol. The first kappa shape index (κ1) is 15.4. The lowest BCUT2D eigenvalue weighted by molar-refractivity contribution is -0.139. The Kier molecular flexibility index (Phi) is 4.90. The van der Waals surface area contributed by atoms with Gasteiger partial charge in [0.1, 0.15) is 6.04 Å². The number of aryl methyl sites for hydroxylation is 1. The van der Waals surface area contributed by atoms with Crippen LogP contribution in [0.4, 0.5) is 0 Å². The fourth-order valence-corrected chi connectivity index (χ4v) is 2.61. The molecule has 0 saturated heterocycles.